The first kappa shape index (κ1) is 12.4. The van der Waals surface area contributed by atoms with Crippen molar-refractivity contribution < 1.29 is 15.0 Å². The second-order valence-electron chi connectivity index (χ2n) is 4.44. The average molecular weight is 216 g/mol. The van der Waals surface area contributed by atoms with E-state index in [1.165, 1.54) is 6.92 Å². The van der Waals surface area contributed by atoms with Crippen LogP contribution >= 0.6 is 0 Å². The van der Waals surface area contributed by atoms with Crippen LogP contribution in [0, 0.1) is 0 Å². The molecule has 0 amide bonds. The van der Waals surface area contributed by atoms with E-state index in [1.54, 1.807) is 0 Å². The van der Waals surface area contributed by atoms with Crippen LogP contribution in [0.15, 0.2) is 0 Å². The SMILES string of the molecule is CNC1CCCN(CC(C)(O)C(=O)O)C1. The van der Waals surface area contributed by atoms with Crippen LogP contribution in [0.4, 0.5) is 0 Å². The lowest BCUT2D eigenvalue weighted by molar-refractivity contribution is -0.158. The number of carboxylic acid groups (broad SMARTS) is 1. The molecule has 0 radical (unpaired) electrons. The molecule has 15 heavy (non-hydrogen) atoms. The van der Waals surface area contributed by atoms with E-state index in [9.17, 15) is 9.90 Å². The highest BCUT2D eigenvalue weighted by Gasteiger charge is 2.33. The number of nitrogens with one attached hydrogen (secondary N) is 1. The summed E-state index contributed by atoms with van der Waals surface area (Å²) in [6.07, 6.45) is 2.16. The number of likely N-dealkylation sites (tertiary alicyclic amines) is 1. The lowest BCUT2D eigenvalue weighted by atomic mass is 10.0. The first-order valence-electron chi connectivity index (χ1n) is 5.31. The van der Waals surface area contributed by atoms with Crippen LogP contribution in [0.3, 0.4) is 0 Å². The maximum atomic E-state index is 10.8. The number of piperidine rings is 1. The van der Waals surface area contributed by atoms with E-state index in [0.717, 1.165) is 25.9 Å². The Kier molecular flexibility index (Phi) is 4.07. The van der Waals surface area contributed by atoms with Crippen molar-refractivity contribution in [1.29, 1.82) is 0 Å². The zero-order valence-electron chi connectivity index (χ0n) is 9.36. The third kappa shape index (κ3) is 3.44. The maximum absolute atomic E-state index is 10.8. The molecule has 2 unspecified atom stereocenters. The number of carboxylic acids is 1. The number of hydrogen-bond acceptors (Lipinski definition) is 4. The molecular formula is C10H20N2O3. The van der Waals surface area contributed by atoms with E-state index in [4.69, 9.17) is 5.11 Å². The van der Waals surface area contributed by atoms with Crippen molar-refractivity contribution in [2.24, 2.45) is 0 Å². The normalized spacial score (nSPS) is 27.3. The molecular weight excluding hydrogens is 196 g/mol. The molecule has 5 nitrogen and oxygen atoms in total. The average Bonchev–Trinajstić information content (AvgIpc) is 2.17. The van der Waals surface area contributed by atoms with Gasteiger partial charge in [-0.2, -0.15) is 0 Å². The Labute approximate surface area is 90.1 Å². The van der Waals surface area contributed by atoms with Gasteiger partial charge in [-0.3, -0.25) is 4.90 Å². The first-order valence-corrected chi connectivity index (χ1v) is 5.31. The second-order valence-corrected chi connectivity index (χ2v) is 4.44. The summed E-state index contributed by atoms with van der Waals surface area (Å²) in [6.45, 7) is 3.21. The van der Waals surface area contributed by atoms with Crippen molar-refractivity contribution in [2.75, 3.05) is 26.7 Å². The van der Waals surface area contributed by atoms with Crippen LogP contribution in [0.5, 0.6) is 0 Å². The van der Waals surface area contributed by atoms with Gasteiger partial charge < -0.3 is 15.5 Å². The van der Waals surface area contributed by atoms with Gasteiger partial charge in [-0.05, 0) is 33.4 Å². The van der Waals surface area contributed by atoms with Gasteiger partial charge in [0.15, 0.2) is 5.60 Å². The molecule has 1 saturated heterocycles. The number of β-amino-alcohol motifs (C(OH)–C–C–N with tert-alkyl or cyclic N) is 1. The fourth-order valence-electron chi connectivity index (χ4n) is 1.94. The Hall–Kier alpha value is -0.650. The topological polar surface area (TPSA) is 72.8 Å². The van der Waals surface area contributed by atoms with Crippen molar-refractivity contribution in [1.82, 2.24) is 10.2 Å². The minimum atomic E-state index is -1.64. The molecule has 1 heterocycles. The molecule has 0 bridgehead atoms. The van der Waals surface area contributed by atoms with Gasteiger partial charge in [0, 0.05) is 19.1 Å². The zero-order chi connectivity index (χ0) is 11.5. The Morgan fingerprint density at radius 3 is 2.87 bits per heavy atom. The number of aliphatic carboxylic acids is 1. The molecule has 0 saturated carbocycles. The van der Waals surface area contributed by atoms with Crippen molar-refractivity contribution >= 4 is 5.97 Å². The molecule has 0 aliphatic carbocycles. The van der Waals surface area contributed by atoms with Crippen LogP contribution in [-0.2, 0) is 4.79 Å². The van der Waals surface area contributed by atoms with E-state index in [-0.39, 0.29) is 6.54 Å². The van der Waals surface area contributed by atoms with Crippen molar-refractivity contribution in [2.45, 2.75) is 31.4 Å². The van der Waals surface area contributed by atoms with Gasteiger partial charge in [-0.15, -0.1) is 0 Å². The number of rotatable bonds is 4. The molecule has 5 heteroatoms. The highest BCUT2D eigenvalue weighted by molar-refractivity contribution is 5.76. The highest BCUT2D eigenvalue weighted by atomic mass is 16.4. The Balaban J connectivity index is 2.47. The fourth-order valence-corrected chi connectivity index (χ4v) is 1.94. The summed E-state index contributed by atoms with van der Waals surface area (Å²) in [4.78, 5) is 12.8. The standard InChI is InChI=1S/C10H20N2O3/c1-10(15,9(13)14)7-12-5-3-4-8(6-12)11-2/h8,11,15H,3-7H2,1-2H3,(H,13,14). The monoisotopic (exact) mass is 216 g/mol. The lowest BCUT2D eigenvalue weighted by Gasteiger charge is -2.35. The molecule has 0 aromatic heterocycles. The fraction of sp³-hybridized carbons (Fsp3) is 0.900. The van der Waals surface area contributed by atoms with Gasteiger partial charge >= 0.3 is 5.97 Å². The van der Waals surface area contributed by atoms with Crippen LogP contribution in [0.25, 0.3) is 0 Å². The van der Waals surface area contributed by atoms with E-state index in [0.29, 0.717) is 6.04 Å². The van der Waals surface area contributed by atoms with Gasteiger partial charge in [-0.25, -0.2) is 4.79 Å². The second kappa shape index (κ2) is 4.92. The molecule has 0 aromatic carbocycles. The van der Waals surface area contributed by atoms with Gasteiger partial charge in [0.25, 0.3) is 0 Å². The summed E-state index contributed by atoms with van der Waals surface area (Å²) in [5, 5.41) is 21.6. The molecule has 88 valence electrons. The third-order valence-electron chi connectivity index (χ3n) is 2.91. The first-order chi connectivity index (χ1) is 6.95. The Morgan fingerprint density at radius 2 is 2.33 bits per heavy atom. The van der Waals surface area contributed by atoms with Crippen molar-refractivity contribution in [3.8, 4) is 0 Å². The number of carbonyl (C=O) groups is 1. The molecule has 1 aliphatic rings. The largest absolute Gasteiger partial charge is 0.479 e. The lowest BCUT2D eigenvalue weighted by Crippen LogP contribution is -2.52. The van der Waals surface area contributed by atoms with E-state index < -0.39 is 11.6 Å². The van der Waals surface area contributed by atoms with E-state index in [2.05, 4.69) is 5.32 Å². The van der Waals surface area contributed by atoms with E-state index in [1.807, 2.05) is 11.9 Å². The molecule has 3 N–H and O–H groups in total. The molecule has 1 fully saturated rings. The number of aliphatic hydroxyl groups is 1. The predicted molar refractivity (Wildman–Crippen MR) is 56.8 cm³/mol. The van der Waals surface area contributed by atoms with Crippen LogP contribution < -0.4 is 5.32 Å². The number of nitrogens with zero attached hydrogens (tertiary/aromatic N) is 1. The molecule has 1 aliphatic heterocycles. The smallest absolute Gasteiger partial charge is 0.336 e. The van der Waals surface area contributed by atoms with Gasteiger partial charge in [0.05, 0.1) is 0 Å². The Bertz CT molecular complexity index is 231. The van der Waals surface area contributed by atoms with E-state index >= 15 is 0 Å². The number of likely N-dealkylation sites (N-methyl/N-ethyl adjacent to an activating group) is 1. The van der Waals surface area contributed by atoms with Crippen LogP contribution in [-0.4, -0.2) is 59.4 Å². The van der Waals surface area contributed by atoms with Crippen molar-refractivity contribution in [3.63, 3.8) is 0 Å². The summed E-state index contributed by atoms with van der Waals surface area (Å²) < 4.78 is 0. The minimum Gasteiger partial charge on any atom is -0.479 e. The summed E-state index contributed by atoms with van der Waals surface area (Å²) in [5.74, 6) is -1.16. The summed E-state index contributed by atoms with van der Waals surface area (Å²) >= 11 is 0. The summed E-state index contributed by atoms with van der Waals surface area (Å²) in [5.41, 5.74) is -1.64. The molecule has 2 atom stereocenters. The van der Waals surface area contributed by atoms with Crippen molar-refractivity contribution in [3.05, 3.63) is 0 Å². The zero-order valence-corrected chi connectivity index (χ0v) is 9.36. The Morgan fingerprint density at radius 1 is 1.67 bits per heavy atom. The third-order valence-corrected chi connectivity index (χ3v) is 2.91. The minimum absolute atomic E-state index is 0.195. The molecule has 0 aromatic rings. The summed E-state index contributed by atoms with van der Waals surface area (Å²) in [6, 6.07) is 0.406. The van der Waals surface area contributed by atoms with Gasteiger partial charge in [0.1, 0.15) is 0 Å². The van der Waals surface area contributed by atoms with Gasteiger partial charge in [-0.1, -0.05) is 0 Å². The molecule has 0 spiro atoms. The van der Waals surface area contributed by atoms with Crippen LogP contribution in [0.2, 0.25) is 0 Å². The number of hydrogen-bond donors (Lipinski definition) is 3. The quantitative estimate of drug-likeness (QED) is 0.591. The molecule has 1 rings (SSSR count). The van der Waals surface area contributed by atoms with Gasteiger partial charge in [0.2, 0.25) is 0 Å². The van der Waals surface area contributed by atoms with Crippen LogP contribution in [0.1, 0.15) is 19.8 Å². The summed E-state index contributed by atoms with van der Waals surface area (Å²) in [7, 11) is 1.91. The highest BCUT2D eigenvalue weighted by Crippen LogP contribution is 2.14. The predicted octanol–water partition coefficient (Wildman–Crippen LogP) is -0.494. The maximum Gasteiger partial charge on any atom is 0.336 e.